The Morgan fingerprint density at radius 2 is 1.08 bits per heavy atom. The number of rotatable bonds is 8. The number of benzene rings is 4. The lowest BCUT2D eigenvalue weighted by atomic mass is 10.2. The van der Waals surface area contributed by atoms with E-state index >= 15 is 0 Å². The van der Waals surface area contributed by atoms with E-state index in [9.17, 15) is 39.6 Å². The molecule has 2 saturated heterocycles. The number of hydrogen-bond donors (Lipinski definition) is 2. The van der Waals surface area contributed by atoms with Crippen molar-refractivity contribution in [3.63, 3.8) is 0 Å². The molecule has 2 N–H and O–H groups in total. The van der Waals surface area contributed by atoms with Gasteiger partial charge in [-0.3, -0.25) is 0 Å². The van der Waals surface area contributed by atoms with Crippen LogP contribution < -0.4 is 9.80 Å². The number of anilines is 2. The van der Waals surface area contributed by atoms with Gasteiger partial charge >= 0.3 is 18.1 Å². The van der Waals surface area contributed by atoms with Crippen molar-refractivity contribution in [2.45, 2.75) is 22.4 Å². The number of carboxylic acids is 2. The fourth-order valence-corrected chi connectivity index (χ4v) is 12.6. The minimum atomic E-state index is -4.64. The van der Waals surface area contributed by atoms with Gasteiger partial charge in [-0.05, 0) is 92.9 Å². The number of furan rings is 2. The summed E-state index contributed by atoms with van der Waals surface area (Å²) in [5, 5.41) is 19.7. The maximum Gasteiger partial charge on any atom is 0.416 e. The molecule has 0 amide bonds. The van der Waals surface area contributed by atoms with E-state index in [1.165, 1.54) is 28.6 Å². The van der Waals surface area contributed by atoms with Gasteiger partial charge in [0.15, 0.2) is 0 Å². The molecule has 0 aliphatic carbocycles. The number of piperazine rings is 1. The molecule has 2 aromatic heterocycles. The third-order valence-corrected chi connectivity index (χ3v) is 16.8. The molecular weight excluding hydrogens is 1050 g/mol. The summed E-state index contributed by atoms with van der Waals surface area (Å²) in [7, 11) is -7.94. The zero-order valence-corrected chi connectivity index (χ0v) is 38.6. The Hall–Kier alpha value is -4.35. The van der Waals surface area contributed by atoms with Crippen LogP contribution in [0.3, 0.4) is 0 Å². The Morgan fingerprint density at radius 3 is 1.56 bits per heavy atom. The van der Waals surface area contributed by atoms with Crippen LogP contribution in [0.15, 0.2) is 106 Å². The Bertz CT molecular complexity index is 2960. The van der Waals surface area contributed by atoms with Gasteiger partial charge in [0.2, 0.25) is 31.6 Å². The van der Waals surface area contributed by atoms with E-state index in [1.54, 1.807) is 24.3 Å². The number of nitrogens with zero attached hydrogens (tertiary/aromatic N) is 4. The third-order valence-electron chi connectivity index (χ3n) is 10.3. The molecule has 0 saturated carbocycles. The molecule has 0 bridgehead atoms. The Balaban J connectivity index is 0.000000189. The molecule has 14 nitrogen and oxygen atoms in total. The Morgan fingerprint density at radius 1 is 0.619 bits per heavy atom. The summed E-state index contributed by atoms with van der Waals surface area (Å²) < 4.78 is 106. The zero-order valence-electron chi connectivity index (χ0n) is 32.3. The number of aromatic carboxylic acids is 2. The number of alkyl halides is 3. The quantitative estimate of drug-likeness (QED) is 0.148. The van der Waals surface area contributed by atoms with Crippen LogP contribution in [0.25, 0.3) is 21.9 Å². The highest BCUT2D eigenvalue weighted by Gasteiger charge is 2.35. The highest BCUT2D eigenvalue weighted by molar-refractivity contribution is 9.11. The van der Waals surface area contributed by atoms with Crippen molar-refractivity contribution in [1.29, 1.82) is 0 Å². The van der Waals surface area contributed by atoms with Gasteiger partial charge in [0, 0.05) is 75.3 Å². The predicted octanol–water partition coefficient (Wildman–Crippen LogP) is 9.52. The van der Waals surface area contributed by atoms with E-state index in [-0.39, 0.29) is 46.1 Å². The van der Waals surface area contributed by atoms with Crippen molar-refractivity contribution < 1.29 is 58.6 Å². The van der Waals surface area contributed by atoms with Crippen molar-refractivity contribution in [2.24, 2.45) is 0 Å². The van der Waals surface area contributed by atoms with Crippen molar-refractivity contribution >= 4 is 120 Å². The lowest BCUT2D eigenvalue weighted by Crippen LogP contribution is -2.48. The number of hydrogen-bond acceptors (Lipinski definition) is 10. The van der Waals surface area contributed by atoms with Crippen molar-refractivity contribution in [1.82, 2.24) is 8.61 Å². The summed E-state index contributed by atoms with van der Waals surface area (Å²) in [5.41, 5.74) is 1.39. The molecule has 2 aliphatic heterocycles. The van der Waals surface area contributed by atoms with Gasteiger partial charge in [-0.25, -0.2) is 26.4 Å². The van der Waals surface area contributed by atoms with Crippen molar-refractivity contribution in [3.8, 4) is 0 Å². The fraction of sp³-hybridized carbons (Fsp3) is 0.250. The molecule has 0 unspecified atom stereocenters. The molecule has 4 aromatic carbocycles. The highest BCUT2D eigenvalue weighted by Crippen LogP contribution is 2.39. The van der Waals surface area contributed by atoms with Crippen LogP contribution in [-0.4, -0.2) is 100.0 Å². The monoisotopic (exact) mass is 1080 g/mol. The third kappa shape index (κ3) is 9.56. The summed E-state index contributed by atoms with van der Waals surface area (Å²) in [6.45, 7) is 2.39. The molecule has 0 spiro atoms. The Labute approximate surface area is 384 Å². The summed E-state index contributed by atoms with van der Waals surface area (Å²) in [5.74, 6) is -2.67. The Kier molecular flexibility index (Phi) is 13.5. The van der Waals surface area contributed by atoms with Gasteiger partial charge in [-0.15, -0.1) is 0 Å². The summed E-state index contributed by atoms with van der Waals surface area (Å²) in [6, 6.07) is 18.1. The summed E-state index contributed by atoms with van der Waals surface area (Å²) in [6.07, 6.45) is -4.04. The first-order chi connectivity index (χ1) is 29.7. The predicted molar refractivity (Wildman–Crippen MR) is 236 cm³/mol. The normalized spacial score (nSPS) is 15.9. The molecule has 2 aliphatic rings. The van der Waals surface area contributed by atoms with Crippen LogP contribution >= 0.6 is 55.1 Å². The average Bonchev–Trinajstić information content (AvgIpc) is 3.81. The maximum atomic E-state index is 13.2. The van der Waals surface area contributed by atoms with Gasteiger partial charge in [0.1, 0.15) is 16.1 Å². The first-order valence-corrected chi connectivity index (χ1v) is 23.9. The molecule has 8 rings (SSSR count). The molecule has 63 heavy (non-hydrogen) atoms. The van der Waals surface area contributed by atoms with E-state index in [2.05, 4.69) is 36.8 Å². The molecule has 6 aromatic rings. The van der Waals surface area contributed by atoms with E-state index in [4.69, 9.17) is 42.2 Å². The van der Waals surface area contributed by atoms with Gasteiger partial charge in [-0.1, -0.05) is 35.3 Å². The lowest BCUT2D eigenvalue weighted by Gasteiger charge is -2.36. The van der Waals surface area contributed by atoms with Crippen LogP contribution in [0, 0.1) is 0 Å². The summed E-state index contributed by atoms with van der Waals surface area (Å²) in [4.78, 5) is 25.8. The second-order valence-electron chi connectivity index (χ2n) is 14.2. The molecule has 0 radical (unpaired) electrons. The molecule has 23 heteroatoms. The van der Waals surface area contributed by atoms with Gasteiger partial charge < -0.3 is 28.8 Å². The van der Waals surface area contributed by atoms with Crippen LogP contribution in [0.1, 0.15) is 33.1 Å². The molecule has 0 atom stereocenters. The van der Waals surface area contributed by atoms with Crippen LogP contribution in [-0.2, 0) is 26.2 Å². The van der Waals surface area contributed by atoms with Crippen molar-refractivity contribution in [2.75, 3.05) is 62.2 Å². The second kappa shape index (κ2) is 18.3. The van der Waals surface area contributed by atoms with Crippen LogP contribution in [0.2, 0.25) is 10.0 Å². The first kappa shape index (κ1) is 46.6. The van der Waals surface area contributed by atoms with E-state index in [0.717, 1.165) is 33.9 Å². The van der Waals surface area contributed by atoms with E-state index < -0.39 is 48.6 Å². The maximum absolute atomic E-state index is 13.2. The van der Waals surface area contributed by atoms with Gasteiger partial charge in [0.25, 0.3) is 0 Å². The lowest BCUT2D eigenvalue weighted by molar-refractivity contribution is -0.137. The zero-order chi connectivity index (χ0) is 45.6. The molecular formula is C40H33Br2Cl2F3N4O10S2. The van der Waals surface area contributed by atoms with Crippen LogP contribution in [0.4, 0.5) is 24.5 Å². The topological polar surface area (TPSA) is 182 Å². The van der Waals surface area contributed by atoms with Crippen LogP contribution in [0.5, 0.6) is 0 Å². The minimum absolute atomic E-state index is 0.0750. The van der Waals surface area contributed by atoms with E-state index in [0.29, 0.717) is 76.1 Å². The standard InChI is InChI=1S/C20H17BrCl2N2O5S.C20H16BrF3N2O5S/c21-18-12-11-17(20(26)27)30-16(12)6-5-15(18)24-7-2-8-25(10-9-24)31(28,29)19-13(22)3-1-4-14(19)23;21-18-14-11-17(19(27)28)31-16(14)5-4-15(18)25-6-8-26(9-7-25)32(29,30)13-3-1-2-12(10-13)20(22,23)24/h1,3-6,11H,2,7-10H2,(H,26,27);1-5,10-11H,6-9H2,(H,27,28). The summed E-state index contributed by atoms with van der Waals surface area (Å²) >= 11 is 19.3. The van der Waals surface area contributed by atoms with Gasteiger partial charge in [0.05, 0.1) is 40.8 Å². The van der Waals surface area contributed by atoms with Gasteiger partial charge in [-0.2, -0.15) is 21.8 Å². The number of fused-ring (bicyclic) bond motifs is 2. The molecule has 334 valence electrons. The average molecular weight is 1080 g/mol. The number of carboxylic acid groups (broad SMARTS) is 2. The molecule has 4 heterocycles. The van der Waals surface area contributed by atoms with E-state index in [1.807, 2.05) is 11.0 Å². The largest absolute Gasteiger partial charge is 0.475 e. The smallest absolute Gasteiger partial charge is 0.416 e. The minimum Gasteiger partial charge on any atom is -0.475 e. The SMILES string of the molecule is O=C(O)c1cc2c(Br)c(N3CCCN(S(=O)(=O)c4c(Cl)cccc4Cl)CC3)ccc2o1.O=C(O)c1cc2c(Br)c(N3CCN(S(=O)(=O)c4cccc(C(F)(F)F)c4)CC3)ccc2o1. The number of halogens is 7. The molecule has 2 fully saturated rings. The fourth-order valence-electron chi connectivity index (χ4n) is 7.22. The van der Waals surface area contributed by atoms with Crippen molar-refractivity contribution in [3.05, 3.63) is 115 Å². The number of sulfonamides is 2. The number of carbonyl (C=O) groups is 2. The second-order valence-corrected chi connectivity index (χ2v) is 20.4. The highest BCUT2D eigenvalue weighted by atomic mass is 79.9. The first-order valence-electron chi connectivity index (χ1n) is 18.7.